The van der Waals surface area contributed by atoms with Gasteiger partial charge in [-0.05, 0) is 120 Å². The molecule has 20 nitrogen and oxygen atoms in total. The number of phenolic OH excluding ortho intramolecular Hbond substituents is 4. The van der Waals surface area contributed by atoms with Gasteiger partial charge in [0.2, 0.25) is 11.5 Å². The Kier molecular flexibility index (Phi) is 19.1. The highest BCUT2D eigenvalue weighted by Crippen LogP contribution is 2.41. The van der Waals surface area contributed by atoms with Crippen molar-refractivity contribution in [1.29, 1.82) is 0 Å². The van der Waals surface area contributed by atoms with E-state index in [9.17, 15) is 51.1 Å². The Labute approximate surface area is 417 Å². The van der Waals surface area contributed by atoms with Crippen molar-refractivity contribution in [3.05, 3.63) is 95.1 Å². The Morgan fingerprint density at radius 2 is 0.708 bits per heavy atom. The van der Waals surface area contributed by atoms with E-state index in [0.717, 1.165) is 11.1 Å². The summed E-state index contributed by atoms with van der Waals surface area (Å²) in [5, 5.41) is 110. The van der Waals surface area contributed by atoms with E-state index in [-0.39, 0.29) is 98.1 Å². The maximum absolute atomic E-state index is 12.1. The molecule has 3 fully saturated rings. The van der Waals surface area contributed by atoms with Crippen LogP contribution in [0.3, 0.4) is 0 Å². The van der Waals surface area contributed by atoms with Gasteiger partial charge in [-0.2, -0.15) is 0 Å². The summed E-state index contributed by atoms with van der Waals surface area (Å²) < 4.78 is 60.0. The number of hydrogen-bond acceptors (Lipinski definition) is 20. The molecule has 0 spiro atoms. The number of benzene rings is 4. The molecule has 0 aromatic heterocycles. The third-order valence-corrected chi connectivity index (χ3v) is 13.9. The van der Waals surface area contributed by atoms with E-state index in [2.05, 4.69) is 0 Å². The Balaban J connectivity index is 1.32. The molecule has 4 aromatic rings. The van der Waals surface area contributed by atoms with Crippen LogP contribution in [-0.2, 0) is 54.1 Å². The highest BCUT2D eigenvalue weighted by molar-refractivity contribution is 5.53. The molecule has 3 heterocycles. The monoisotopic (exact) mass is 1010 g/mol. The lowest BCUT2D eigenvalue weighted by Gasteiger charge is -2.44. The molecule has 10 N–H and O–H groups in total. The zero-order chi connectivity index (χ0) is 51.6. The number of methoxy groups -OCH3 is 4. The first-order chi connectivity index (χ1) is 34.7. The second-order valence-corrected chi connectivity index (χ2v) is 18.6. The molecule has 14 atom stereocenters. The lowest BCUT2D eigenvalue weighted by atomic mass is 9.83. The lowest BCUT2D eigenvalue weighted by Crippen LogP contribution is -2.61. The number of aromatic hydroxyl groups is 4. The summed E-state index contributed by atoms with van der Waals surface area (Å²) in [6.07, 6.45) is -13.6. The standard InChI is InChI=1S/C52H68O20/c1-63-37-17-29(18-38(64-2)43(37)57)15-33-23-67-49-45(59)41(21-53)72-52(47(49)61)70-26-32(14-28-7-11-36(56)12-8-28)34(16-30-19-39(65-3)44(58)40(20-30)66-4)24-68-50-46(60)42(22-54)71-51(48(50)62)69-25-31(33)13-27-5-9-35(55)10-6-27/h5-12,17-20,31-34,41-42,45-62H,13-16,21-26H2,1-4H3/t31-,32-,33-,34+,41-,42-,45+,46+,47-,48-,49+,50+,51-,52-/m1/s1. The third kappa shape index (κ3) is 12.9. The smallest absolute Gasteiger partial charge is 0.200 e. The minimum Gasteiger partial charge on any atom is -0.508 e. The third-order valence-electron chi connectivity index (χ3n) is 13.9. The summed E-state index contributed by atoms with van der Waals surface area (Å²) in [4.78, 5) is 0. The highest BCUT2D eigenvalue weighted by Gasteiger charge is 2.49. The number of aliphatic hydroxyl groups excluding tert-OH is 6. The number of hydrogen-bond donors (Lipinski definition) is 10. The van der Waals surface area contributed by atoms with Crippen LogP contribution in [0.5, 0.6) is 46.0 Å². The second kappa shape index (κ2) is 25.2. The Bertz CT molecular complexity index is 2100. The SMILES string of the molecule is COc1cc(C[C@H]2CO[C@H]3[C@@H](O)[C@@H](CO)O[C@@H](OC[C@@H](Cc4ccc(O)cc4)[C@H](Cc4cc(OC)c(O)c(OC)c4)CO[C@H]4[C@@H](O)[C@@H](CO)O[C@@H](OC[C@H]2Cc2ccc(O)cc2)[C@@H]4O)[C@@H]3O)cc(OC)c1O. The molecular formula is C52H68O20. The first-order valence-electron chi connectivity index (χ1n) is 23.8. The lowest BCUT2D eigenvalue weighted by molar-refractivity contribution is -0.318. The number of rotatable bonds is 14. The van der Waals surface area contributed by atoms with Crippen molar-refractivity contribution < 1.29 is 98.4 Å². The number of ether oxygens (including phenoxy) is 10. The fraction of sp³-hybridized carbons (Fsp3) is 0.538. The summed E-state index contributed by atoms with van der Waals surface area (Å²) in [6.45, 7) is -2.00. The Morgan fingerprint density at radius 1 is 0.417 bits per heavy atom. The molecule has 0 unspecified atom stereocenters. The summed E-state index contributed by atoms with van der Waals surface area (Å²) in [5.41, 5.74) is 2.78. The molecule has 4 aromatic carbocycles. The van der Waals surface area contributed by atoms with Crippen molar-refractivity contribution in [3.8, 4) is 46.0 Å². The van der Waals surface area contributed by atoms with Crippen LogP contribution in [-0.4, -0.2) is 181 Å². The van der Waals surface area contributed by atoms with E-state index in [1.165, 1.54) is 52.7 Å². The minimum absolute atomic E-state index is 0.0374. The molecule has 72 heavy (non-hydrogen) atoms. The number of phenols is 4. The molecule has 396 valence electrons. The summed E-state index contributed by atoms with van der Waals surface area (Å²) in [6, 6.07) is 19.6. The van der Waals surface area contributed by atoms with Crippen LogP contribution < -0.4 is 18.9 Å². The zero-order valence-corrected chi connectivity index (χ0v) is 40.6. The van der Waals surface area contributed by atoms with Crippen LogP contribution in [0.15, 0.2) is 72.8 Å². The van der Waals surface area contributed by atoms with Crippen LogP contribution in [0, 0.1) is 23.7 Å². The van der Waals surface area contributed by atoms with Gasteiger partial charge in [-0.15, -0.1) is 0 Å². The largest absolute Gasteiger partial charge is 0.508 e. The molecule has 0 aliphatic carbocycles. The molecule has 7 rings (SSSR count). The van der Waals surface area contributed by atoms with Crippen molar-refractivity contribution in [3.63, 3.8) is 0 Å². The maximum atomic E-state index is 12.1. The van der Waals surface area contributed by atoms with Crippen LogP contribution in [0.1, 0.15) is 22.3 Å². The summed E-state index contributed by atoms with van der Waals surface area (Å²) in [7, 11) is 5.58. The van der Waals surface area contributed by atoms with Crippen molar-refractivity contribution in [2.75, 3.05) is 68.1 Å². The van der Waals surface area contributed by atoms with Gasteiger partial charge in [0.25, 0.3) is 0 Å². The predicted octanol–water partition coefficient (Wildman–Crippen LogP) is 1.97. The van der Waals surface area contributed by atoms with Gasteiger partial charge in [0.1, 0.15) is 60.3 Å². The molecular weight excluding hydrogens is 945 g/mol. The van der Waals surface area contributed by atoms with E-state index in [1.54, 1.807) is 48.5 Å². The van der Waals surface area contributed by atoms with Crippen LogP contribution in [0.25, 0.3) is 0 Å². The van der Waals surface area contributed by atoms with Gasteiger partial charge < -0.3 is 98.4 Å². The number of aliphatic hydroxyl groups is 6. The van der Waals surface area contributed by atoms with Gasteiger partial charge in [0.05, 0.1) is 68.1 Å². The average Bonchev–Trinajstić information content (AvgIpc) is 3.38. The highest BCUT2D eigenvalue weighted by atomic mass is 16.7. The van der Waals surface area contributed by atoms with E-state index in [4.69, 9.17) is 47.4 Å². The minimum atomic E-state index is -1.62. The number of fused-ring (bicyclic) bond motifs is 4. The Morgan fingerprint density at radius 3 is 1.00 bits per heavy atom. The van der Waals surface area contributed by atoms with Crippen molar-refractivity contribution in [1.82, 2.24) is 0 Å². The summed E-state index contributed by atoms with van der Waals surface area (Å²) in [5.74, 6) is -2.16. The first-order valence-corrected chi connectivity index (χ1v) is 23.8. The van der Waals surface area contributed by atoms with Crippen LogP contribution >= 0.6 is 0 Å². The molecule has 20 heteroatoms. The van der Waals surface area contributed by atoms with Crippen molar-refractivity contribution in [2.24, 2.45) is 23.7 Å². The summed E-state index contributed by atoms with van der Waals surface area (Å²) >= 11 is 0. The molecule has 3 saturated heterocycles. The average molecular weight is 1010 g/mol. The molecule has 4 bridgehead atoms. The quantitative estimate of drug-likeness (QED) is 0.0864. The van der Waals surface area contributed by atoms with Crippen LogP contribution in [0.4, 0.5) is 0 Å². The van der Waals surface area contributed by atoms with E-state index in [0.29, 0.717) is 11.1 Å². The Hall–Kier alpha value is -5.20. The van der Waals surface area contributed by atoms with Gasteiger partial charge in [-0.25, -0.2) is 0 Å². The molecule has 0 saturated carbocycles. The topological polar surface area (TPSA) is 295 Å². The van der Waals surface area contributed by atoms with Gasteiger partial charge in [0, 0.05) is 0 Å². The normalized spacial score (nSPS) is 30.6. The van der Waals surface area contributed by atoms with E-state index >= 15 is 0 Å². The van der Waals surface area contributed by atoms with Gasteiger partial charge in [0.15, 0.2) is 35.6 Å². The van der Waals surface area contributed by atoms with E-state index < -0.39 is 98.3 Å². The second-order valence-electron chi connectivity index (χ2n) is 18.6. The fourth-order valence-electron chi connectivity index (χ4n) is 9.73. The van der Waals surface area contributed by atoms with Crippen LogP contribution in [0.2, 0.25) is 0 Å². The molecule has 3 aliphatic heterocycles. The molecule has 0 radical (unpaired) electrons. The predicted molar refractivity (Wildman–Crippen MR) is 254 cm³/mol. The molecule has 0 amide bonds. The van der Waals surface area contributed by atoms with Gasteiger partial charge in [-0.1, -0.05) is 24.3 Å². The van der Waals surface area contributed by atoms with Gasteiger partial charge >= 0.3 is 0 Å². The van der Waals surface area contributed by atoms with Gasteiger partial charge in [-0.3, -0.25) is 0 Å². The van der Waals surface area contributed by atoms with Crippen molar-refractivity contribution in [2.45, 2.75) is 87.1 Å². The fourth-order valence-corrected chi connectivity index (χ4v) is 9.73. The van der Waals surface area contributed by atoms with Crippen molar-refractivity contribution >= 4 is 0 Å². The first kappa shape index (κ1) is 54.6. The molecule has 3 aliphatic rings. The maximum Gasteiger partial charge on any atom is 0.200 e. The zero-order valence-electron chi connectivity index (χ0n) is 40.6. The van der Waals surface area contributed by atoms with E-state index in [1.807, 2.05) is 0 Å².